The average molecular weight is 375 g/mol. The number of carbonyl (C=O) groups is 1. The lowest BCUT2D eigenvalue weighted by atomic mass is 10.1. The smallest absolute Gasteiger partial charge is 0.256 e. The maximum Gasteiger partial charge on any atom is 0.256 e. The number of rotatable bonds is 4. The van der Waals surface area contributed by atoms with Crippen molar-refractivity contribution in [2.24, 2.45) is 0 Å². The molecule has 1 amide bonds. The van der Waals surface area contributed by atoms with Crippen molar-refractivity contribution < 1.29 is 14.3 Å². The fourth-order valence-electron chi connectivity index (χ4n) is 3.57. The summed E-state index contributed by atoms with van der Waals surface area (Å²) >= 11 is 0. The summed E-state index contributed by atoms with van der Waals surface area (Å²) < 4.78 is 12.6. The van der Waals surface area contributed by atoms with E-state index < -0.39 is 0 Å². The molecule has 0 atom stereocenters. The van der Waals surface area contributed by atoms with E-state index in [1.807, 2.05) is 54.1 Å². The Balaban J connectivity index is 1.50. The predicted molar refractivity (Wildman–Crippen MR) is 105 cm³/mol. The van der Waals surface area contributed by atoms with Crippen LogP contribution in [0.1, 0.15) is 45.9 Å². The maximum atomic E-state index is 13.0. The van der Waals surface area contributed by atoms with Crippen LogP contribution in [0.15, 0.2) is 48.5 Å². The van der Waals surface area contributed by atoms with Crippen LogP contribution >= 0.6 is 0 Å². The van der Waals surface area contributed by atoms with Crippen molar-refractivity contribution >= 4 is 11.7 Å². The van der Waals surface area contributed by atoms with Crippen LogP contribution in [-0.4, -0.2) is 22.5 Å². The first-order valence-electron chi connectivity index (χ1n) is 9.50. The molecule has 6 nitrogen and oxygen atoms in total. The highest BCUT2D eigenvalue weighted by Crippen LogP contribution is 2.43. The molecule has 1 fully saturated rings. The number of hydrogen-bond acceptors (Lipinski definition) is 4. The molecular weight excluding hydrogens is 354 g/mol. The van der Waals surface area contributed by atoms with Gasteiger partial charge in [-0.3, -0.25) is 4.79 Å². The number of carbonyl (C=O) groups excluding carboxylic acids is 1. The number of amides is 1. The van der Waals surface area contributed by atoms with E-state index in [0.717, 1.165) is 46.9 Å². The highest BCUT2D eigenvalue weighted by Gasteiger charge is 2.31. The zero-order chi connectivity index (χ0) is 19.1. The number of anilines is 1. The topological polar surface area (TPSA) is 65.4 Å². The van der Waals surface area contributed by atoms with Crippen molar-refractivity contribution in [3.8, 4) is 11.4 Å². The molecule has 2 aromatic carbocycles. The van der Waals surface area contributed by atoms with Gasteiger partial charge in [0.1, 0.15) is 11.6 Å². The molecule has 0 spiro atoms. The van der Waals surface area contributed by atoms with Gasteiger partial charge in [-0.1, -0.05) is 18.2 Å². The molecule has 142 valence electrons. The SMILES string of the molecule is Cc1c(C2CC2)nn(-c2ccccc2)c1NC(=O)c1ccc2c(c1)COCO2. The number of aromatic nitrogens is 2. The highest BCUT2D eigenvalue weighted by molar-refractivity contribution is 6.04. The van der Waals surface area contributed by atoms with E-state index in [0.29, 0.717) is 18.1 Å². The Morgan fingerprint density at radius 1 is 1.18 bits per heavy atom. The number of hydrogen-bond donors (Lipinski definition) is 1. The molecule has 1 N–H and O–H groups in total. The first-order valence-corrected chi connectivity index (χ1v) is 9.50. The molecular formula is C22H21N3O3. The summed E-state index contributed by atoms with van der Waals surface area (Å²) in [6.45, 7) is 2.73. The fourth-order valence-corrected chi connectivity index (χ4v) is 3.57. The second-order valence-corrected chi connectivity index (χ2v) is 7.27. The second kappa shape index (κ2) is 6.80. The van der Waals surface area contributed by atoms with Gasteiger partial charge in [0, 0.05) is 22.6 Å². The lowest BCUT2D eigenvalue weighted by Crippen LogP contribution is -2.17. The summed E-state index contributed by atoms with van der Waals surface area (Å²) in [4.78, 5) is 13.0. The third-order valence-corrected chi connectivity index (χ3v) is 5.23. The third kappa shape index (κ3) is 3.05. The van der Waals surface area contributed by atoms with Crippen LogP contribution in [0.25, 0.3) is 5.69 Å². The quantitative estimate of drug-likeness (QED) is 0.743. The maximum absolute atomic E-state index is 13.0. The van der Waals surface area contributed by atoms with Crippen LogP contribution in [-0.2, 0) is 11.3 Å². The number of benzene rings is 2. The van der Waals surface area contributed by atoms with E-state index in [-0.39, 0.29) is 12.7 Å². The number of ether oxygens (including phenoxy) is 2. The molecule has 6 heteroatoms. The van der Waals surface area contributed by atoms with Crippen molar-refractivity contribution in [1.29, 1.82) is 0 Å². The van der Waals surface area contributed by atoms with Crippen LogP contribution in [0.3, 0.4) is 0 Å². The summed E-state index contributed by atoms with van der Waals surface area (Å²) in [5.41, 5.74) is 4.49. The molecule has 1 saturated carbocycles. The van der Waals surface area contributed by atoms with E-state index in [1.54, 1.807) is 6.07 Å². The normalized spacial score (nSPS) is 15.6. The monoisotopic (exact) mass is 375 g/mol. The molecule has 5 rings (SSSR count). The fraction of sp³-hybridized carbons (Fsp3) is 0.273. The van der Waals surface area contributed by atoms with Gasteiger partial charge in [0.2, 0.25) is 0 Å². The molecule has 0 radical (unpaired) electrons. The molecule has 3 aromatic rings. The molecule has 2 aliphatic rings. The van der Waals surface area contributed by atoms with E-state index in [1.165, 1.54) is 0 Å². The van der Waals surface area contributed by atoms with Crippen molar-refractivity contribution in [1.82, 2.24) is 9.78 Å². The summed E-state index contributed by atoms with van der Waals surface area (Å²) in [5.74, 6) is 1.82. The molecule has 0 unspecified atom stereocenters. The van der Waals surface area contributed by atoms with Crippen molar-refractivity contribution in [3.05, 3.63) is 70.9 Å². The minimum absolute atomic E-state index is 0.170. The van der Waals surface area contributed by atoms with Gasteiger partial charge in [-0.15, -0.1) is 0 Å². The van der Waals surface area contributed by atoms with Gasteiger partial charge in [-0.2, -0.15) is 5.10 Å². The molecule has 1 aliphatic heterocycles. The standard InChI is InChI=1S/C22H21N3O3/c1-14-20(15-7-8-15)24-25(18-5-3-2-4-6-18)21(14)23-22(26)16-9-10-19-17(11-16)12-27-13-28-19/h2-6,9-11,15H,7-8,12-13H2,1H3,(H,23,26). The number of para-hydroxylation sites is 1. The van der Waals surface area contributed by atoms with Crippen LogP contribution in [0, 0.1) is 6.92 Å². The van der Waals surface area contributed by atoms with Crippen molar-refractivity contribution in [2.45, 2.75) is 32.3 Å². The Bertz CT molecular complexity index is 1040. The Kier molecular flexibility index (Phi) is 4.13. The molecule has 2 heterocycles. The zero-order valence-electron chi connectivity index (χ0n) is 15.6. The van der Waals surface area contributed by atoms with E-state index in [9.17, 15) is 4.79 Å². The lowest BCUT2D eigenvalue weighted by molar-refractivity contribution is -0.0163. The van der Waals surface area contributed by atoms with Gasteiger partial charge in [0.15, 0.2) is 6.79 Å². The van der Waals surface area contributed by atoms with Crippen LogP contribution in [0.2, 0.25) is 0 Å². The molecule has 0 saturated heterocycles. The zero-order valence-corrected chi connectivity index (χ0v) is 15.6. The number of nitrogens with zero attached hydrogens (tertiary/aromatic N) is 2. The van der Waals surface area contributed by atoms with Gasteiger partial charge in [-0.05, 0) is 50.1 Å². The largest absolute Gasteiger partial charge is 0.467 e. The Labute approximate surface area is 163 Å². The second-order valence-electron chi connectivity index (χ2n) is 7.27. The van der Waals surface area contributed by atoms with Gasteiger partial charge >= 0.3 is 0 Å². The number of fused-ring (bicyclic) bond motifs is 1. The summed E-state index contributed by atoms with van der Waals surface area (Å²) in [5, 5.41) is 7.90. The first-order chi connectivity index (χ1) is 13.7. The molecule has 1 aromatic heterocycles. The first kappa shape index (κ1) is 17.0. The minimum Gasteiger partial charge on any atom is -0.467 e. The third-order valence-electron chi connectivity index (χ3n) is 5.23. The molecule has 1 aliphatic carbocycles. The Morgan fingerprint density at radius 3 is 2.79 bits per heavy atom. The molecule has 28 heavy (non-hydrogen) atoms. The van der Waals surface area contributed by atoms with E-state index in [2.05, 4.69) is 5.32 Å². The van der Waals surface area contributed by atoms with Crippen molar-refractivity contribution in [2.75, 3.05) is 12.1 Å². The number of nitrogens with one attached hydrogen (secondary N) is 1. The van der Waals surface area contributed by atoms with E-state index >= 15 is 0 Å². The summed E-state index contributed by atoms with van der Waals surface area (Å²) in [6, 6.07) is 15.3. The summed E-state index contributed by atoms with van der Waals surface area (Å²) in [7, 11) is 0. The van der Waals surface area contributed by atoms with Crippen LogP contribution < -0.4 is 10.1 Å². The van der Waals surface area contributed by atoms with Gasteiger partial charge < -0.3 is 14.8 Å². The van der Waals surface area contributed by atoms with Crippen LogP contribution in [0.4, 0.5) is 5.82 Å². The van der Waals surface area contributed by atoms with Crippen molar-refractivity contribution in [3.63, 3.8) is 0 Å². The lowest BCUT2D eigenvalue weighted by Gasteiger charge is -2.18. The Hall–Kier alpha value is -3.12. The van der Waals surface area contributed by atoms with Gasteiger partial charge in [0.05, 0.1) is 18.0 Å². The minimum atomic E-state index is -0.170. The predicted octanol–water partition coefficient (Wildman–Crippen LogP) is 4.18. The van der Waals surface area contributed by atoms with Gasteiger partial charge in [0.25, 0.3) is 5.91 Å². The highest BCUT2D eigenvalue weighted by atomic mass is 16.7. The molecule has 0 bridgehead atoms. The Morgan fingerprint density at radius 2 is 2.00 bits per heavy atom. The van der Waals surface area contributed by atoms with Gasteiger partial charge in [-0.25, -0.2) is 4.68 Å². The summed E-state index contributed by atoms with van der Waals surface area (Å²) in [6.07, 6.45) is 2.32. The van der Waals surface area contributed by atoms with Crippen LogP contribution in [0.5, 0.6) is 5.75 Å². The average Bonchev–Trinajstić information content (AvgIpc) is 3.53. The van der Waals surface area contributed by atoms with E-state index in [4.69, 9.17) is 14.6 Å².